The maximum Gasteiger partial charge on any atom is 0.329 e. The van der Waals surface area contributed by atoms with E-state index in [9.17, 15) is 14.4 Å². The molecule has 0 bridgehead atoms. The lowest BCUT2D eigenvalue weighted by Crippen LogP contribution is -2.37. The van der Waals surface area contributed by atoms with Crippen LogP contribution in [0.1, 0.15) is 23.6 Å². The molecule has 1 aliphatic rings. The first-order chi connectivity index (χ1) is 18.0. The Balaban J connectivity index is 1.26. The first-order valence-corrected chi connectivity index (χ1v) is 11.6. The van der Waals surface area contributed by atoms with Gasteiger partial charge in [-0.25, -0.2) is 5.43 Å². The minimum atomic E-state index is -0.927. The monoisotopic (exact) mass is 502 g/mol. The minimum Gasteiger partial charge on any atom is -0.483 e. The summed E-state index contributed by atoms with van der Waals surface area (Å²) in [7, 11) is 0. The number of hydrogen-bond acceptors (Lipinski definition) is 7. The Morgan fingerprint density at radius 3 is 2.62 bits per heavy atom. The average Bonchev–Trinajstić information content (AvgIpc) is 3.39. The third-order valence-electron chi connectivity index (χ3n) is 5.42. The van der Waals surface area contributed by atoms with E-state index in [4.69, 9.17) is 14.2 Å². The number of carbonyl (C=O) groups excluding carboxylic acids is 3. The van der Waals surface area contributed by atoms with E-state index in [0.29, 0.717) is 22.8 Å². The number of benzene rings is 3. The fourth-order valence-electron chi connectivity index (χ4n) is 3.52. The molecule has 0 saturated heterocycles. The molecule has 37 heavy (non-hydrogen) atoms. The normalized spacial score (nSPS) is 11.7. The molecule has 0 aliphatic carbocycles. The second kappa shape index (κ2) is 12.2. The molecule has 1 heterocycles. The Hall–Kier alpha value is -4.86. The lowest BCUT2D eigenvalue weighted by Gasteiger charge is -2.11. The Morgan fingerprint density at radius 2 is 1.76 bits per heavy atom. The standard InChI is InChI=1S/C27H26N4O6/c1-2-19-7-3-5-9-21(19)30-25(32)16-35-22-10-6-4-8-20(22)15-29-31-27(34)26(33)28-14-18-11-12-23-24(13-18)37-17-36-23/h3-13,15H,2,14,16-17H2,1H3,(H,28,33)(H,30,32)(H,31,34)/b29-15-. The van der Waals surface area contributed by atoms with Gasteiger partial charge in [-0.05, 0) is 47.9 Å². The van der Waals surface area contributed by atoms with Crippen molar-refractivity contribution in [3.8, 4) is 17.2 Å². The van der Waals surface area contributed by atoms with Gasteiger partial charge in [-0.2, -0.15) is 5.10 Å². The van der Waals surface area contributed by atoms with E-state index in [1.54, 1.807) is 42.5 Å². The number of nitrogens with one attached hydrogen (secondary N) is 3. The number of amides is 3. The van der Waals surface area contributed by atoms with Gasteiger partial charge in [-0.3, -0.25) is 14.4 Å². The summed E-state index contributed by atoms with van der Waals surface area (Å²) in [4.78, 5) is 36.6. The van der Waals surface area contributed by atoms with Crippen LogP contribution < -0.4 is 30.3 Å². The number of fused-ring (bicyclic) bond motifs is 1. The molecular formula is C27H26N4O6. The van der Waals surface area contributed by atoms with E-state index in [2.05, 4.69) is 21.2 Å². The highest BCUT2D eigenvalue weighted by Gasteiger charge is 2.16. The number of ether oxygens (including phenoxy) is 3. The number of hydrogen-bond donors (Lipinski definition) is 3. The highest BCUT2D eigenvalue weighted by atomic mass is 16.7. The molecule has 0 spiro atoms. The van der Waals surface area contributed by atoms with Crippen molar-refractivity contribution in [3.05, 3.63) is 83.4 Å². The lowest BCUT2D eigenvalue weighted by atomic mass is 10.1. The van der Waals surface area contributed by atoms with Crippen molar-refractivity contribution in [2.24, 2.45) is 5.10 Å². The predicted molar refractivity (Wildman–Crippen MR) is 137 cm³/mol. The molecule has 3 aromatic rings. The second-order valence-electron chi connectivity index (χ2n) is 7.95. The van der Waals surface area contributed by atoms with Crippen molar-refractivity contribution in [3.63, 3.8) is 0 Å². The van der Waals surface area contributed by atoms with E-state index in [1.807, 2.05) is 31.2 Å². The summed E-state index contributed by atoms with van der Waals surface area (Å²) in [6.07, 6.45) is 2.13. The Kier molecular flexibility index (Phi) is 8.33. The van der Waals surface area contributed by atoms with Crippen LogP contribution in [-0.4, -0.2) is 37.3 Å². The summed E-state index contributed by atoms with van der Waals surface area (Å²) < 4.78 is 16.2. The molecule has 4 rings (SSSR count). The predicted octanol–water partition coefficient (Wildman–Crippen LogP) is 2.76. The molecule has 0 aromatic heterocycles. The van der Waals surface area contributed by atoms with Crippen LogP contribution in [0.3, 0.4) is 0 Å². The number of hydrazone groups is 1. The smallest absolute Gasteiger partial charge is 0.329 e. The van der Waals surface area contributed by atoms with Crippen molar-refractivity contribution >= 4 is 29.6 Å². The van der Waals surface area contributed by atoms with E-state index >= 15 is 0 Å². The number of carbonyl (C=O) groups is 3. The van der Waals surface area contributed by atoms with Crippen LogP contribution in [0.25, 0.3) is 0 Å². The number of anilines is 1. The fraction of sp³-hybridized carbons (Fsp3) is 0.185. The van der Waals surface area contributed by atoms with Crippen LogP contribution in [0.5, 0.6) is 17.2 Å². The van der Waals surface area contributed by atoms with Crippen molar-refractivity contribution in [1.82, 2.24) is 10.7 Å². The van der Waals surface area contributed by atoms with Gasteiger partial charge in [-0.1, -0.05) is 43.3 Å². The summed E-state index contributed by atoms with van der Waals surface area (Å²) in [6.45, 7) is 2.09. The number of aryl methyl sites for hydroxylation is 1. The van der Waals surface area contributed by atoms with E-state index in [0.717, 1.165) is 23.2 Å². The molecule has 0 unspecified atom stereocenters. The summed E-state index contributed by atoms with van der Waals surface area (Å²) in [5, 5.41) is 9.21. The molecule has 10 nitrogen and oxygen atoms in total. The quantitative estimate of drug-likeness (QED) is 0.235. The van der Waals surface area contributed by atoms with Gasteiger partial charge in [0.05, 0.1) is 6.21 Å². The van der Waals surface area contributed by atoms with Crippen LogP contribution in [-0.2, 0) is 27.3 Å². The van der Waals surface area contributed by atoms with Crippen LogP contribution in [0.4, 0.5) is 5.69 Å². The molecule has 0 radical (unpaired) electrons. The van der Waals surface area contributed by atoms with Gasteiger partial charge < -0.3 is 24.8 Å². The third kappa shape index (κ3) is 6.85. The zero-order valence-corrected chi connectivity index (χ0v) is 20.2. The second-order valence-corrected chi connectivity index (χ2v) is 7.95. The Morgan fingerprint density at radius 1 is 0.973 bits per heavy atom. The SMILES string of the molecule is CCc1ccccc1NC(=O)COc1ccccc1/C=N\NC(=O)C(=O)NCc1ccc2c(c1)OCO2. The molecule has 1 aliphatic heterocycles. The maximum absolute atomic E-state index is 12.4. The van der Waals surface area contributed by atoms with Gasteiger partial charge in [0.1, 0.15) is 5.75 Å². The maximum atomic E-state index is 12.4. The van der Waals surface area contributed by atoms with Crippen molar-refractivity contribution in [2.45, 2.75) is 19.9 Å². The Bertz CT molecular complexity index is 1320. The summed E-state index contributed by atoms with van der Waals surface area (Å²) in [5.74, 6) is -0.460. The van der Waals surface area contributed by atoms with Gasteiger partial charge >= 0.3 is 11.8 Å². The number of rotatable bonds is 9. The van der Waals surface area contributed by atoms with Crippen molar-refractivity contribution < 1.29 is 28.6 Å². The Labute approximate surface area is 213 Å². The zero-order valence-electron chi connectivity index (χ0n) is 20.2. The van der Waals surface area contributed by atoms with Gasteiger partial charge in [0, 0.05) is 17.8 Å². The largest absolute Gasteiger partial charge is 0.483 e. The topological polar surface area (TPSA) is 127 Å². The first-order valence-electron chi connectivity index (χ1n) is 11.6. The lowest BCUT2D eigenvalue weighted by molar-refractivity contribution is -0.139. The minimum absolute atomic E-state index is 0.133. The highest BCUT2D eigenvalue weighted by molar-refractivity contribution is 6.35. The third-order valence-corrected chi connectivity index (χ3v) is 5.42. The molecule has 10 heteroatoms. The summed E-state index contributed by atoms with van der Waals surface area (Å²) in [5.41, 5.74) is 5.23. The molecule has 3 N–H and O–H groups in total. The molecule has 190 valence electrons. The molecule has 0 atom stereocenters. The molecular weight excluding hydrogens is 476 g/mol. The van der Waals surface area contributed by atoms with Gasteiger partial charge in [0.25, 0.3) is 5.91 Å². The van der Waals surface area contributed by atoms with Crippen LogP contribution in [0.2, 0.25) is 0 Å². The van der Waals surface area contributed by atoms with E-state index in [-0.39, 0.29) is 25.9 Å². The summed E-state index contributed by atoms with van der Waals surface area (Å²) in [6, 6.07) is 19.7. The van der Waals surface area contributed by atoms with Gasteiger partial charge in [-0.15, -0.1) is 0 Å². The van der Waals surface area contributed by atoms with Crippen molar-refractivity contribution in [1.29, 1.82) is 0 Å². The van der Waals surface area contributed by atoms with E-state index in [1.165, 1.54) is 6.21 Å². The van der Waals surface area contributed by atoms with Crippen LogP contribution in [0, 0.1) is 0 Å². The number of para-hydroxylation sites is 2. The average molecular weight is 503 g/mol. The summed E-state index contributed by atoms with van der Waals surface area (Å²) >= 11 is 0. The zero-order chi connectivity index (χ0) is 26.0. The molecule has 3 amide bonds. The molecule has 3 aromatic carbocycles. The van der Waals surface area contributed by atoms with E-state index < -0.39 is 11.8 Å². The molecule has 0 saturated carbocycles. The number of nitrogens with zero attached hydrogens (tertiary/aromatic N) is 1. The van der Waals surface area contributed by atoms with Gasteiger partial charge in [0.2, 0.25) is 6.79 Å². The van der Waals surface area contributed by atoms with Crippen LogP contribution in [0.15, 0.2) is 71.8 Å². The highest BCUT2D eigenvalue weighted by Crippen LogP contribution is 2.32. The van der Waals surface area contributed by atoms with Gasteiger partial charge in [0.15, 0.2) is 18.1 Å². The van der Waals surface area contributed by atoms with Crippen LogP contribution >= 0.6 is 0 Å². The first kappa shape index (κ1) is 25.2. The van der Waals surface area contributed by atoms with Crippen molar-refractivity contribution in [2.75, 3.05) is 18.7 Å². The fourth-order valence-corrected chi connectivity index (χ4v) is 3.52. The molecule has 0 fully saturated rings.